The van der Waals surface area contributed by atoms with E-state index in [0.29, 0.717) is 0 Å². The lowest BCUT2D eigenvalue weighted by Crippen LogP contribution is -2.10. The number of benzene rings is 16. The van der Waals surface area contributed by atoms with E-state index in [2.05, 4.69) is 381 Å². The van der Waals surface area contributed by atoms with Crippen molar-refractivity contribution in [1.82, 2.24) is 18.3 Å². The average molecular weight is 1230 g/mol. The molecule has 4 aromatic heterocycles. The fourth-order valence-corrected chi connectivity index (χ4v) is 15.9. The van der Waals surface area contributed by atoms with Crippen LogP contribution in [0.4, 0.5) is 17.1 Å². The minimum absolute atomic E-state index is 1.05. The number of nitrogens with zero attached hydrogens (tertiary/aromatic N) is 5. The number of hydrogen-bond acceptors (Lipinski definition) is 1. The summed E-state index contributed by atoms with van der Waals surface area (Å²) in [5.74, 6) is 0. The molecule has 0 bridgehead atoms. The fraction of sp³-hybridized carbons (Fsp3) is 0. The summed E-state index contributed by atoms with van der Waals surface area (Å²) in [6.07, 6.45) is 0. The first-order valence-corrected chi connectivity index (χ1v) is 33.4. The summed E-state index contributed by atoms with van der Waals surface area (Å²) < 4.78 is 9.74. The second-order valence-corrected chi connectivity index (χ2v) is 25.6. The molecule has 20 aromatic rings. The number of hydrogen-bond donors (Lipinski definition) is 0. The molecule has 0 radical (unpaired) electrons. The van der Waals surface area contributed by atoms with E-state index in [4.69, 9.17) is 0 Å². The molecule has 452 valence electrons. The molecule has 0 spiro atoms. The van der Waals surface area contributed by atoms with Crippen LogP contribution in [-0.2, 0) is 0 Å². The van der Waals surface area contributed by atoms with Gasteiger partial charge in [0.25, 0.3) is 0 Å². The quantitative estimate of drug-likeness (QED) is 0.134. The number of anilines is 3. The maximum atomic E-state index is 2.45. The highest BCUT2D eigenvalue weighted by Crippen LogP contribution is 2.46. The molecule has 0 aliphatic rings. The molecule has 0 saturated heterocycles. The van der Waals surface area contributed by atoms with E-state index in [-0.39, 0.29) is 0 Å². The Morgan fingerprint density at radius 3 is 0.928 bits per heavy atom. The van der Waals surface area contributed by atoms with Crippen molar-refractivity contribution in [2.24, 2.45) is 0 Å². The van der Waals surface area contributed by atoms with Crippen LogP contribution in [0.1, 0.15) is 0 Å². The third-order valence-corrected chi connectivity index (χ3v) is 20.3. The molecule has 0 N–H and O–H groups in total. The molecular weight excluding hydrogens is 1180 g/mol. The summed E-state index contributed by atoms with van der Waals surface area (Å²) >= 11 is 0. The SMILES string of the molecule is c1ccc(-n2c3ccccc3c3ccc(N(c4ccc(-c5cc(-c6ccc7c(c6)c6ccccc6n7-c6cccc7ccccc67)cc(-c6ccc7c(c6)c6ccccc6n7-c6cccc7ccccc67)c5)cc4)c4ccc5c6ccccc6n(-c6ccccc6)c5c4)cc32)cc1. The molecule has 0 saturated carbocycles. The molecule has 16 aromatic carbocycles. The molecule has 0 aliphatic heterocycles. The highest BCUT2D eigenvalue weighted by Gasteiger charge is 2.23. The summed E-state index contributed by atoms with van der Waals surface area (Å²) in [6, 6.07) is 132. The topological polar surface area (TPSA) is 23.0 Å². The molecule has 20 rings (SSSR count). The average Bonchev–Trinajstić information content (AvgIpc) is 1.62. The highest BCUT2D eigenvalue weighted by atomic mass is 15.1. The van der Waals surface area contributed by atoms with Gasteiger partial charge in [-0.05, 0) is 184 Å². The second kappa shape index (κ2) is 21.8. The second-order valence-electron chi connectivity index (χ2n) is 25.6. The number of rotatable bonds is 10. The van der Waals surface area contributed by atoms with Gasteiger partial charge in [-0.3, -0.25) is 0 Å². The Kier molecular flexibility index (Phi) is 12.3. The third kappa shape index (κ3) is 8.65. The van der Waals surface area contributed by atoms with Crippen LogP contribution in [-0.4, -0.2) is 18.3 Å². The minimum Gasteiger partial charge on any atom is -0.310 e. The van der Waals surface area contributed by atoms with Crippen molar-refractivity contribution in [2.45, 2.75) is 0 Å². The molecular formula is C92H59N5. The van der Waals surface area contributed by atoms with Crippen LogP contribution < -0.4 is 4.90 Å². The normalized spacial score (nSPS) is 11.9. The van der Waals surface area contributed by atoms with E-state index < -0.39 is 0 Å². The van der Waals surface area contributed by atoms with Gasteiger partial charge in [-0.15, -0.1) is 0 Å². The van der Waals surface area contributed by atoms with E-state index in [9.17, 15) is 0 Å². The molecule has 5 heteroatoms. The summed E-state index contributed by atoms with van der Waals surface area (Å²) in [6.45, 7) is 0. The number of aromatic nitrogens is 4. The van der Waals surface area contributed by atoms with Crippen molar-refractivity contribution >= 4 is 126 Å². The standard InChI is InChI=1S/C92H59N5/c1-3-25-68(26-4-1)94-85-35-15-11-31-75(85)79-49-47-71(58-91(79)94)93(72-48-50-80-76-32-12-16-36-86(76)95(92(80)59-72)69-27-5-2-6-28-69)70-45-41-60(42-46-70)65-53-66(63-43-51-89-81(56-63)77-33-13-17-37-87(77)96(89)83-39-19-23-61-21-7-9-29-73(61)83)55-67(54-65)64-44-52-90-82(57-64)78-34-14-18-38-88(78)97(90)84-40-20-24-62-22-8-10-30-74(62)84/h1-59H. The molecule has 4 heterocycles. The van der Waals surface area contributed by atoms with E-state index in [1.54, 1.807) is 0 Å². The predicted molar refractivity (Wildman–Crippen MR) is 410 cm³/mol. The smallest absolute Gasteiger partial charge is 0.0561 e. The minimum atomic E-state index is 1.05. The zero-order chi connectivity index (χ0) is 63.7. The van der Waals surface area contributed by atoms with Crippen molar-refractivity contribution in [3.05, 3.63) is 358 Å². The van der Waals surface area contributed by atoms with Gasteiger partial charge in [-0.1, -0.05) is 218 Å². The van der Waals surface area contributed by atoms with Crippen LogP contribution in [0, 0.1) is 0 Å². The van der Waals surface area contributed by atoms with Crippen molar-refractivity contribution in [2.75, 3.05) is 4.90 Å². The van der Waals surface area contributed by atoms with Crippen LogP contribution in [0.3, 0.4) is 0 Å². The van der Waals surface area contributed by atoms with Gasteiger partial charge in [0, 0.05) is 82.3 Å². The van der Waals surface area contributed by atoms with Gasteiger partial charge in [0.2, 0.25) is 0 Å². The van der Waals surface area contributed by atoms with Gasteiger partial charge in [0.15, 0.2) is 0 Å². The Morgan fingerprint density at radius 1 is 0.165 bits per heavy atom. The number of para-hydroxylation sites is 6. The van der Waals surface area contributed by atoms with Crippen LogP contribution >= 0.6 is 0 Å². The fourth-order valence-electron chi connectivity index (χ4n) is 15.9. The zero-order valence-corrected chi connectivity index (χ0v) is 52.8. The Bertz CT molecular complexity index is 6180. The van der Waals surface area contributed by atoms with Crippen molar-refractivity contribution in [1.29, 1.82) is 0 Å². The van der Waals surface area contributed by atoms with Crippen molar-refractivity contribution in [3.63, 3.8) is 0 Å². The Balaban J connectivity index is 0.783. The summed E-state index contributed by atoms with van der Waals surface area (Å²) in [4.78, 5) is 2.44. The van der Waals surface area contributed by atoms with E-state index in [1.807, 2.05) is 0 Å². The van der Waals surface area contributed by atoms with Gasteiger partial charge in [-0.2, -0.15) is 0 Å². The first-order valence-electron chi connectivity index (χ1n) is 33.4. The Hall–Kier alpha value is -13.0. The monoisotopic (exact) mass is 1230 g/mol. The molecule has 5 nitrogen and oxygen atoms in total. The van der Waals surface area contributed by atoms with Gasteiger partial charge >= 0.3 is 0 Å². The lowest BCUT2D eigenvalue weighted by atomic mass is 9.92. The van der Waals surface area contributed by atoms with Gasteiger partial charge in [-0.25, -0.2) is 0 Å². The molecule has 0 fully saturated rings. The van der Waals surface area contributed by atoms with Crippen LogP contribution in [0.5, 0.6) is 0 Å². The molecule has 0 unspecified atom stereocenters. The Labute approximate surface area is 559 Å². The van der Waals surface area contributed by atoms with E-state index in [0.717, 1.165) is 72.9 Å². The predicted octanol–water partition coefficient (Wildman–Crippen LogP) is 24.9. The zero-order valence-electron chi connectivity index (χ0n) is 52.8. The van der Waals surface area contributed by atoms with E-state index in [1.165, 1.54) is 109 Å². The lowest BCUT2D eigenvalue weighted by molar-refractivity contribution is 1.17. The molecule has 97 heavy (non-hydrogen) atoms. The lowest BCUT2D eigenvalue weighted by Gasteiger charge is -2.26. The van der Waals surface area contributed by atoms with Crippen molar-refractivity contribution in [3.8, 4) is 56.1 Å². The van der Waals surface area contributed by atoms with Crippen LogP contribution in [0.15, 0.2) is 358 Å². The first-order chi connectivity index (χ1) is 48.1. The van der Waals surface area contributed by atoms with Gasteiger partial charge in [0.1, 0.15) is 0 Å². The van der Waals surface area contributed by atoms with Crippen molar-refractivity contribution < 1.29 is 0 Å². The molecule has 0 aliphatic carbocycles. The maximum absolute atomic E-state index is 2.45. The third-order valence-electron chi connectivity index (χ3n) is 20.3. The van der Waals surface area contributed by atoms with Gasteiger partial charge in [0.05, 0.1) is 55.5 Å². The summed E-state index contributed by atoms with van der Waals surface area (Å²) in [5.41, 5.74) is 23.9. The van der Waals surface area contributed by atoms with E-state index >= 15 is 0 Å². The summed E-state index contributed by atoms with van der Waals surface area (Å²) in [7, 11) is 0. The van der Waals surface area contributed by atoms with Gasteiger partial charge < -0.3 is 23.2 Å². The molecule has 0 atom stereocenters. The Morgan fingerprint density at radius 2 is 0.485 bits per heavy atom. The summed E-state index contributed by atoms with van der Waals surface area (Å²) in [5, 5.41) is 14.6. The van der Waals surface area contributed by atoms with Crippen LogP contribution in [0.2, 0.25) is 0 Å². The largest absolute Gasteiger partial charge is 0.310 e. The number of fused-ring (bicyclic) bond motifs is 14. The molecule has 0 amide bonds. The first kappa shape index (κ1) is 54.6. The van der Waals surface area contributed by atoms with Crippen LogP contribution in [0.25, 0.3) is 165 Å². The highest BCUT2D eigenvalue weighted by molar-refractivity contribution is 6.15. The maximum Gasteiger partial charge on any atom is 0.0561 e.